The maximum Gasteiger partial charge on any atom is 0.222 e. The Morgan fingerprint density at radius 2 is 2.05 bits per heavy atom. The summed E-state index contributed by atoms with van der Waals surface area (Å²) in [5.41, 5.74) is 1.60. The second-order valence-corrected chi connectivity index (χ2v) is 5.22. The highest BCUT2D eigenvalue weighted by Crippen LogP contribution is 2.46. The van der Waals surface area contributed by atoms with E-state index in [1.54, 1.807) is 24.5 Å². The quantitative estimate of drug-likeness (QED) is 0.932. The molecule has 3 nitrogen and oxygen atoms in total. The van der Waals surface area contributed by atoms with E-state index in [1.165, 1.54) is 6.07 Å². The normalized spacial score (nSPS) is 21.2. The molecule has 0 aliphatic heterocycles. The number of nitrogens with zero attached hydrogens (tertiary/aromatic N) is 2. The minimum Gasteiger partial charge on any atom is -0.351 e. The van der Waals surface area contributed by atoms with Gasteiger partial charge in [-0.2, -0.15) is 0 Å². The molecule has 3 rings (SSSR count). The summed E-state index contributed by atoms with van der Waals surface area (Å²) in [6.45, 7) is 1.93. The predicted molar refractivity (Wildman–Crippen MR) is 72.9 cm³/mol. The fraction of sp³-hybridized carbons (Fsp3) is 0.286. The molecule has 0 spiro atoms. The molecule has 19 heavy (non-hydrogen) atoms. The van der Waals surface area contributed by atoms with Crippen molar-refractivity contribution in [3.05, 3.63) is 52.6 Å². The minimum absolute atomic E-state index is 0.0959. The van der Waals surface area contributed by atoms with Gasteiger partial charge in [0.15, 0.2) is 0 Å². The van der Waals surface area contributed by atoms with Crippen LogP contribution in [-0.2, 0) is 0 Å². The molecule has 98 valence electrons. The zero-order chi connectivity index (χ0) is 13.4. The summed E-state index contributed by atoms with van der Waals surface area (Å²) >= 11 is 6.05. The van der Waals surface area contributed by atoms with Crippen LogP contribution in [0.25, 0.3) is 0 Å². The molecule has 2 aromatic rings. The van der Waals surface area contributed by atoms with Crippen LogP contribution in [0.3, 0.4) is 0 Å². The van der Waals surface area contributed by atoms with E-state index in [0.717, 1.165) is 12.0 Å². The van der Waals surface area contributed by atoms with Crippen LogP contribution in [-0.4, -0.2) is 16.0 Å². The first kappa shape index (κ1) is 12.4. The number of rotatable bonds is 3. The van der Waals surface area contributed by atoms with Gasteiger partial charge in [-0.25, -0.2) is 14.4 Å². The maximum atomic E-state index is 13.8. The Kier molecular flexibility index (Phi) is 3.11. The minimum atomic E-state index is -0.244. The van der Waals surface area contributed by atoms with Crippen molar-refractivity contribution in [2.45, 2.75) is 25.3 Å². The smallest absolute Gasteiger partial charge is 0.222 e. The molecule has 1 heterocycles. The number of aryl methyl sites for hydroxylation is 1. The SMILES string of the molecule is Cc1cnc(NC2CC2c2c(F)cccc2Cl)nc1. The average molecular weight is 278 g/mol. The lowest BCUT2D eigenvalue weighted by Gasteiger charge is -2.06. The van der Waals surface area contributed by atoms with Gasteiger partial charge in [-0.15, -0.1) is 0 Å². The Morgan fingerprint density at radius 3 is 2.74 bits per heavy atom. The summed E-state index contributed by atoms with van der Waals surface area (Å²) < 4.78 is 13.8. The van der Waals surface area contributed by atoms with Crippen LogP contribution in [0.1, 0.15) is 23.5 Å². The van der Waals surface area contributed by atoms with Crippen LogP contribution in [0.5, 0.6) is 0 Å². The second kappa shape index (κ2) is 4.78. The third-order valence-electron chi connectivity index (χ3n) is 3.26. The van der Waals surface area contributed by atoms with Gasteiger partial charge >= 0.3 is 0 Å². The summed E-state index contributed by atoms with van der Waals surface area (Å²) in [5.74, 6) is 0.427. The first-order valence-corrected chi connectivity index (χ1v) is 6.52. The largest absolute Gasteiger partial charge is 0.351 e. The van der Waals surface area contributed by atoms with E-state index in [1.807, 2.05) is 6.92 Å². The molecule has 0 amide bonds. The molecular weight excluding hydrogens is 265 g/mol. The van der Waals surface area contributed by atoms with E-state index >= 15 is 0 Å². The van der Waals surface area contributed by atoms with Crippen molar-refractivity contribution in [3.8, 4) is 0 Å². The van der Waals surface area contributed by atoms with E-state index in [0.29, 0.717) is 16.5 Å². The van der Waals surface area contributed by atoms with Crippen LogP contribution >= 0.6 is 11.6 Å². The van der Waals surface area contributed by atoms with E-state index < -0.39 is 0 Å². The second-order valence-electron chi connectivity index (χ2n) is 4.81. The molecule has 1 saturated carbocycles. The molecule has 1 fully saturated rings. The summed E-state index contributed by atoms with van der Waals surface area (Å²) in [5, 5.41) is 3.68. The molecule has 1 aromatic heterocycles. The number of halogens is 2. The van der Waals surface area contributed by atoms with Crippen molar-refractivity contribution in [1.29, 1.82) is 0 Å². The molecule has 0 radical (unpaired) electrons. The molecule has 2 atom stereocenters. The Morgan fingerprint density at radius 1 is 1.32 bits per heavy atom. The summed E-state index contributed by atoms with van der Waals surface area (Å²) in [7, 11) is 0. The number of nitrogens with one attached hydrogen (secondary N) is 1. The lowest BCUT2D eigenvalue weighted by Crippen LogP contribution is -2.08. The van der Waals surface area contributed by atoms with Gasteiger partial charge in [-0.05, 0) is 31.0 Å². The molecule has 5 heteroatoms. The molecular formula is C14H13ClFN3. The van der Waals surface area contributed by atoms with E-state index in [2.05, 4.69) is 15.3 Å². The van der Waals surface area contributed by atoms with Gasteiger partial charge in [0.05, 0.1) is 0 Å². The zero-order valence-corrected chi connectivity index (χ0v) is 11.2. The lowest BCUT2D eigenvalue weighted by atomic mass is 10.1. The summed E-state index contributed by atoms with van der Waals surface area (Å²) in [4.78, 5) is 8.36. The molecule has 1 aliphatic carbocycles. The fourth-order valence-electron chi connectivity index (χ4n) is 2.17. The van der Waals surface area contributed by atoms with Crippen molar-refractivity contribution in [2.75, 3.05) is 5.32 Å². The molecule has 0 saturated heterocycles. The van der Waals surface area contributed by atoms with Gasteiger partial charge in [0.25, 0.3) is 0 Å². The van der Waals surface area contributed by atoms with Gasteiger partial charge in [-0.3, -0.25) is 0 Å². The molecule has 0 bridgehead atoms. The van der Waals surface area contributed by atoms with Crippen LogP contribution in [0.4, 0.5) is 10.3 Å². The van der Waals surface area contributed by atoms with Crippen LogP contribution in [0.2, 0.25) is 5.02 Å². The van der Waals surface area contributed by atoms with E-state index in [4.69, 9.17) is 11.6 Å². The fourth-order valence-corrected chi connectivity index (χ4v) is 2.47. The summed E-state index contributed by atoms with van der Waals surface area (Å²) in [6.07, 6.45) is 4.35. The highest BCUT2D eigenvalue weighted by Gasteiger charge is 2.41. The topological polar surface area (TPSA) is 37.8 Å². The summed E-state index contributed by atoms with van der Waals surface area (Å²) in [6, 6.07) is 4.93. The number of hydrogen-bond donors (Lipinski definition) is 1. The Hall–Kier alpha value is -1.68. The third-order valence-corrected chi connectivity index (χ3v) is 3.59. The van der Waals surface area contributed by atoms with Crippen molar-refractivity contribution in [2.24, 2.45) is 0 Å². The number of aromatic nitrogens is 2. The zero-order valence-electron chi connectivity index (χ0n) is 10.4. The van der Waals surface area contributed by atoms with Crippen LogP contribution in [0, 0.1) is 12.7 Å². The standard InChI is InChI=1S/C14H13ClFN3/c1-8-6-17-14(18-7-8)19-12-5-9(12)13-10(15)3-2-4-11(13)16/h2-4,6-7,9,12H,5H2,1H3,(H,17,18,19). The first-order valence-electron chi connectivity index (χ1n) is 6.14. The predicted octanol–water partition coefficient (Wildman–Crippen LogP) is 3.55. The molecule has 1 N–H and O–H groups in total. The molecule has 1 aromatic carbocycles. The van der Waals surface area contributed by atoms with Crippen molar-refractivity contribution >= 4 is 17.5 Å². The van der Waals surface area contributed by atoms with E-state index in [9.17, 15) is 4.39 Å². The van der Waals surface area contributed by atoms with Gasteiger partial charge in [0.1, 0.15) is 5.82 Å². The van der Waals surface area contributed by atoms with Crippen molar-refractivity contribution in [3.63, 3.8) is 0 Å². The Labute approximate surface area is 115 Å². The number of anilines is 1. The Bertz CT molecular complexity index is 580. The highest BCUT2D eigenvalue weighted by molar-refractivity contribution is 6.31. The van der Waals surface area contributed by atoms with Crippen molar-refractivity contribution in [1.82, 2.24) is 9.97 Å². The van der Waals surface area contributed by atoms with E-state index in [-0.39, 0.29) is 17.8 Å². The number of benzene rings is 1. The van der Waals surface area contributed by atoms with Gasteiger partial charge < -0.3 is 5.32 Å². The van der Waals surface area contributed by atoms with Gasteiger partial charge in [-0.1, -0.05) is 17.7 Å². The molecule has 1 aliphatic rings. The maximum absolute atomic E-state index is 13.8. The number of hydrogen-bond acceptors (Lipinski definition) is 3. The third kappa shape index (κ3) is 2.54. The Balaban J connectivity index is 1.73. The lowest BCUT2D eigenvalue weighted by molar-refractivity contribution is 0.610. The van der Waals surface area contributed by atoms with Gasteiger partial charge in [0, 0.05) is 34.9 Å². The highest BCUT2D eigenvalue weighted by atomic mass is 35.5. The monoisotopic (exact) mass is 277 g/mol. The first-order chi connectivity index (χ1) is 9.15. The van der Waals surface area contributed by atoms with Gasteiger partial charge in [0.2, 0.25) is 5.95 Å². The average Bonchev–Trinajstić information content (AvgIpc) is 3.11. The van der Waals surface area contributed by atoms with Crippen LogP contribution < -0.4 is 5.32 Å². The molecule has 2 unspecified atom stereocenters. The van der Waals surface area contributed by atoms with Crippen molar-refractivity contribution < 1.29 is 4.39 Å². The van der Waals surface area contributed by atoms with Crippen LogP contribution in [0.15, 0.2) is 30.6 Å².